The summed E-state index contributed by atoms with van der Waals surface area (Å²) in [5, 5.41) is 8.39. The van der Waals surface area contributed by atoms with Crippen LogP contribution in [0, 0.1) is 18.3 Å². The van der Waals surface area contributed by atoms with Crippen molar-refractivity contribution in [1.82, 2.24) is 0 Å². The van der Waals surface area contributed by atoms with Crippen LogP contribution in [0.25, 0.3) is 0 Å². The zero-order valence-electron chi connectivity index (χ0n) is 8.64. The molecule has 0 aliphatic rings. The molecule has 0 fully saturated rings. The topological polar surface area (TPSA) is 33.0 Å². The Morgan fingerprint density at radius 1 is 1.31 bits per heavy atom. The molecule has 0 aromatic heterocycles. The molecule has 0 aliphatic carbocycles. The van der Waals surface area contributed by atoms with Gasteiger partial charge >= 0.3 is 6.36 Å². The normalized spacial score (nSPS) is 10.9. The third-order valence-electron chi connectivity index (χ3n) is 1.87. The van der Waals surface area contributed by atoms with Crippen molar-refractivity contribution in [1.29, 1.82) is 5.26 Å². The third-order valence-corrected chi connectivity index (χ3v) is 1.87. The lowest BCUT2D eigenvalue weighted by Crippen LogP contribution is -2.17. The minimum atomic E-state index is -4.68. The second-order valence-electron chi connectivity index (χ2n) is 3.36. The van der Waals surface area contributed by atoms with E-state index in [-0.39, 0.29) is 12.2 Å². The number of aryl methyl sites for hydroxylation is 2. The quantitative estimate of drug-likeness (QED) is 0.796. The van der Waals surface area contributed by atoms with E-state index < -0.39 is 6.36 Å². The van der Waals surface area contributed by atoms with Crippen LogP contribution >= 0.6 is 0 Å². The summed E-state index contributed by atoms with van der Waals surface area (Å²) in [5.74, 6) is -0.236. The maximum absolute atomic E-state index is 12.0. The van der Waals surface area contributed by atoms with Gasteiger partial charge in [-0.2, -0.15) is 5.26 Å². The monoisotopic (exact) mass is 229 g/mol. The Labute approximate surface area is 91.3 Å². The van der Waals surface area contributed by atoms with Gasteiger partial charge in [-0.3, -0.25) is 0 Å². The summed E-state index contributed by atoms with van der Waals surface area (Å²) in [4.78, 5) is 0. The fourth-order valence-electron chi connectivity index (χ4n) is 1.36. The van der Waals surface area contributed by atoms with Gasteiger partial charge in [-0.25, -0.2) is 0 Å². The first-order chi connectivity index (χ1) is 7.40. The van der Waals surface area contributed by atoms with Gasteiger partial charge in [0.15, 0.2) is 0 Å². The van der Waals surface area contributed by atoms with Crippen molar-refractivity contribution in [3.05, 3.63) is 29.3 Å². The molecule has 0 atom stereocenters. The van der Waals surface area contributed by atoms with Crippen molar-refractivity contribution in [3.63, 3.8) is 0 Å². The van der Waals surface area contributed by atoms with E-state index in [1.54, 1.807) is 13.0 Å². The molecule has 86 valence electrons. The van der Waals surface area contributed by atoms with Crippen LogP contribution in [0.3, 0.4) is 0 Å². The van der Waals surface area contributed by atoms with Gasteiger partial charge in [0, 0.05) is 6.42 Å². The van der Waals surface area contributed by atoms with E-state index in [9.17, 15) is 13.2 Å². The van der Waals surface area contributed by atoms with E-state index in [1.165, 1.54) is 12.1 Å². The van der Waals surface area contributed by atoms with E-state index >= 15 is 0 Å². The lowest BCUT2D eigenvalue weighted by Gasteiger charge is -2.10. The minimum absolute atomic E-state index is 0.236. The Balaban J connectivity index is 2.86. The van der Waals surface area contributed by atoms with Crippen molar-refractivity contribution >= 4 is 0 Å². The number of ether oxygens (including phenoxy) is 1. The predicted octanol–water partition coefficient (Wildman–Crippen LogP) is 3.35. The highest BCUT2D eigenvalue weighted by molar-refractivity contribution is 5.34. The molecular formula is C11H10F3NO. The molecule has 5 heteroatoms. The van der Waals surface area contributed by atoms with Crippen LogP contribution in [-0.4, -0.2) is 6.36 Å². The average Bonchev–Trinajstić information content (AvgIpc) is 2.10. The highest BCUT2D eigenvalue weighted by Crippen LogP contribution is 2.25. The molecule has 0 spiro atoms. The second-order valence-corrected chi connectivity index (χ2v) is 3.36. The van der Waals surface area contributed by atoms with E-state index in [1.807, 2.05) is 6.07 Å². The van der Waals surface area contributed by atoms with Crippen LogP contribution < -0.4 is 4.74 Å². The first-order valence-electron chi connectivity index (χ1n) is 4.64. The zero-order valence-corrected chi connectivity index (χ0v) is 8.64. The van der Waals surface area contributed by atoms with E-state index in [0.717, 1.165) is 0 Å². The Bertz CT molecular complexity index is 407. The van der Waals surface area contributed by atoms with Crippen LogP contribution in [-0.2, 0) is 6.42 Å². The number of hydrogen-bond acceptors (Lipinski definition) is 2. The molecule has 0 aliphatic heterocycles. The molecule has 1 aromatic rings. The molecule has 2 nitrogen and oxygen atoms in total. The van der Waals surface area contributed by atoms with Crippen LogP contribution in [0.4, 0.5) is 13.2 Å². The maximum atomic E-state index is 12.0. The maximum Gasteiger partial charge on any atom is 0.573 e. The number of rotatable bonds is 3. The van der Waals surface area contributed by atoms with Crippen LogP contribution in [0.2, 0.25) is 0 Å². The van der Waals surface area contributed by atoms with E-state index in [0.29, 0.717) is 17.5 Å². The molecule has 16 heavy (non-hydrogen) atoms. The molecule has 1 rings (SSSR count). The fraction of sp³-hybridized carbons (Fsp3) is 0.364. The second kappa shape index (κ2) is 4.88. The standard InChI is InChI=1S/C11H10F3NO/c1-8-5-9(3-2-4-15)7-10(6-8)16-11(12,13)14/h5-7H,2-3H2,1H3. The van der Waals surface area contributed by atoms with Crippen molar-refractivity contribution in [2.24, 2.45) is 0 Å². The van der Waals surface area contributed by atoms with Gasteiger partial charge in [-0.1, -0.05) is 6.07 Å². The highest BCUT2D eigenvalue weighted by Gasteiger charge is 2.31. The summed E-state index contributed by atoms with van der Waals surface area (Å²) in [6.07, 6.45) is -3.98. The number of nitriles is 1. The number of nitrogens with zero attached hydrogens (tertiary/aromatic N) is 1. The van der Waals surface area contributed by atoms with Crippen molar-refractivity contribution in [2.75, 3.05) is 0 Å². The molecule has 0 N–H and O–H groups in total. The van der Waals surface area contributed by atoms with Gasteiger partial charge < -0.3 is 4.74 Å². The number of benzene rings is 1. The Hall–Kier alpha value is -1.70. The summed E-state index contributed by atoms with van der Waals surface area (Å²) in [5.41, 5.74) is 1.34. The van der Waals surface area contributed by atoms with E-state index in [4.69, 9.17) is 5.26 Å². The number of alkyl halides is 3. The molecule has 0 saturated carbocycles. The lowest BCUT2D eigenvalue weighted by molar-refractivity contribution is -0.274. The summed E-state index contributed by atoms with van der Waals surface area (Å²) in [7, 11) is 0. The van der Waals surface area contributed by atoms with Crippen LogP contribution in [0.15, 0.2) is 18.2 Å². The zero-order chi connectivity index (χ0) is 12.2. The first-order valence-corrected chi connectivity index (χ1v) is 4.64. The Morgan fingerprint density at radius 2 is 2.00 bits per heavy atom. The molecule has 0 radical (unpaired) electrons. The molecule has 0 saturated heterocycles. The SMILES string of the molecule is Cc1cc(CCC#N)cc(OC(F)(F)F)c1. The smallest absolute Gasteiger partial charge is 0.406 e. The third kappa shape index (κ3) is 4.22. The van der Waals surface area contributed by atoms with Gasteiger partial charge in [0.05, 0.1) is 6.07 Å². The Kier molecular flexibility index (Phi) is 3.78. The summed E-state index contributed by atoms with van der Waals surface area (Å²) in [6.45, 7) is 1.68. The van der Waals surface area contributed by atoms with Crippen LogP contribution in [0.5, 0.6) is 5.75 Å². The fourth-order valence-corrected chi connectivity index (χ4v) is 1.36. The van der Waals surface area contributed by atoms with Crippen molar-refractivity contribution in [2.45, 2.75) is 26.1 Å². The molecule has 1 aromatic carbocycles. The molecule has 0 amide bonds. The molecular weight excluding hydrogens is 219 g/mol. The first kappa shape index (κ1) is 12.4. The van der Waals surface area contributed by atoms with Gasteiger partial charge in [-0.05, 0) is 36.6 Å². The number of halogens is 3. The van der Waals surface area contributed by atoms with Crippen LogP contribution in [0.1, 0.15) is 17.5 Å². The van der Waals surface area contributed by atoms with Crippen molar-refractivity contribution in [3.8, 4) is 11.8 Å². The molecule has 0 bridgehead atoms. The van der Waals surface area contributed by atoms with Gasteiger partial charge in [-0.15, -0.1) is 13.2 Å². The van der Waals surface area contributed by atoms with E-state index in [2.05, 4.69) is 4.74 Å². The predicted molar refractivity (Wildman–Crippen MR) is 51.8 cm³/mol. The van der Waals surface area contributed by atoms with Gasteiger partial charge in [0.2, 0.25) is 0 Å². The highest BCUT2D eigenvalue weighted by atomic mass is 19.4. The largest absolute Gasteiger partial charge is 0.573 e. The summed E-state index contributed by atoms with van der Waals surface area (Å²) >= 11 is 0. The number of hydrogen-bond donors (Lipinski definition) is 0. The van der Waals surface area contributed by atoms with Crippen molar-refractivity contribution < 1.29 is 17.9 Å². The van der Waals surface area contributed by atoms with Gasteiger partial charge in [0.1, 0.15) is 5.75 Å². The average molecular weight is 229 g/mol. The Morgan fingerprint density at radius 3 is 2.56 bits per heavy atom. The molecule has 0 unspecified atom stereocenters. The van der Waals surface area contributed by atoms with Gasteiger partial charge in [0.25, 0.3) is 0 Å². The summed E-state index contributed by atoms with van der Waals surface area (Å²) < 4.78 is 39.8. The lowest BCUT2D eigenvalue weighted by atomic mass is 10.1. The minimum Gasteiger partial charge on any atom is -0.406 e. The molecule has 0 heterocycles. The summed E-state index contributed by atoms with van der Waals surface area (Å²) in [6, 6.07) is 6.29.